The average molecular weight is 320 g/mol. The third-order valence-electron chi connectivity index (χ3n) is 3.83. The van der Waals surface area contributed by atoms with Gasteiger partial charge in [0.15, 0.2) is 5.82 Å². The van der Waals surface area contributed by atoms with Gasteiger partial charge in [-0.2, -0.15) is 15.0 Å². The number of aliphatic hydroxyl groups is 1. The third kappa shape index (κ3) is 2.85. The number of pyridine rings is 1. The van der Waals surface area contributed by atoms with Gasteiger partial charge in [0, 0.05) is 6.20 Å². The molecule has 6 nitrogen and oxygen atoms in total. The summed E-state index contributed by atoms with van der Waals surface area (Å²) < 4.78 is 1.33. The monoisotopic (exact) mass is 320 g/mol. The van der Waals surface area contributed by atoms with E-state index in [0.717, 1.165) is 11.1 Å². The van der Waals surface area contributed by atoms with Crippen LogP contribution in [0.5, 0.6) is 5.88 Å². The molecule has 0 amide bonds. The minimum atomic E-state index is -0.549. The molecular formula is C18H16N4O2. The second kappa shape index (κ2) is 6.52. The van der Waals surface area contributed by atoms with Crippen molar-refractivity contribution in [3.05, 3.63) is 59.9 Å². The Labute approximate surface area is 139 Å². The first-order valence-electron chi connectivity index (χ1n) is 7.56. The zero-order valence-electron chi connectivity index (χ0n) is 13.1. The van der Waals surface area contributed by atoms with E-state index in [1.165, 1.54) is 4.68 Å². The number of nitriles is 1. The zero-order valence-corrected chi connectivity index (χ0v) is 13.1. The van der Waals surface area contributed by atoms with E-state index in [2.05, 4.69) is 16.2 Å². The Hall–Kier alpha value is -3.17. The van der Waals surface area contributed by atoms with Gasteiger partial charge in [0.25, 0.3) is 0 Å². The van der Waals surface area contributed by atoms with Crippen LogP contribution in [0.4, 0.5) is 0 Å². The van der Waals surface area contributed by atoms with E-state index >= 15 is 0 Å². The molecule has 120 valence electrons. The summed E-state index contributed by atoms with van der Waals surface area (Å²) in [4.78, 5) is 4.25. The Balaban J connectivity index is 1.93. The van der Waals surface area contributed by atoms with Crippen LogP contribution in [-0.4, -0.2) is 25.0 Å². The highest BCUT2D eigenvalue weighted by Crippen LogP contribution is 2.30. The molecule has 0 spiro atoms. The molecule has 0 aliphatic heterocycles. The highest BCUT2D eigenvalue weighted by molar-refractivity contribution is 5.69. The van der Waals surface area contributed by atoms with Gasteiger partial charge in [-0.05, 0) is 35.7 Å². The van der Waals surface area contributed by atoms with Gasteiger partial charge in [0.2, 0.25) is 5.88 Å². The third-order valence-corrected chi connectivity index (χ3v) is 3.83. The van der Waals surface area contributed by atoms with Gasteiger partial charge in [-0.25, -0.2) is 4.98 Å². The number of nitrogens with zero attached hydrogens (tertiary/aromatic N) is 4. The summed E-state index contributed by atoms with van der Waals surface area (Å²) in [6, 6.07) is 12.4. The molecule has 24 heavy (non-hydrogen) atoms. The minimum absolute atomic E-state index is 0.0315. The van der Waals surface area contributed by atoms with E-state index in [9.17, 15) is 10.2 Å². The van der Waals surface area contributed by atoms with Crippen LogP contribution in [0.3, 0.4) is 0 Å². The lowest BCUT2D eigenvalue weighted by Gasteiger charge is -2.08. The van der Waals surface area contributed by atoms with Crippen LogP contribution in [0, 0.1) is 11.3 Å². The van der Waals surface area contributed by atoms with Crippen LogP contribution in [0.25, 0.3) is 16.9 Å². The van der Waals surface area contributed by atoms with Crippen LogP contribution in [0.1, 0.15) is 30.6 Å². The first-order valence-corrected chi connectivity index (χ1v) is 7.56. The van der Waals surface area contributed by atoms with E-state index in [1.807, 2.05) is 6.92 Å². The topological polar surface area (TPSA) is 95.0 Å². The van der Waals surface area contributed by atoms with E-state index in [0.29, 0.717) is 23.4 Å². The molecule has 0 aliphatic rings. The standard InChI is InChI=1S/C18H16N4O2/c1-2-16(23)14-7-8-17(20-10-14)22-18(24)15(11-21-22)13-5-3-12(9-19)4-6-13/h3-8,10-11,16,23-24H,2H2,1H3. The Bertz CT molecular complexity index is 877. The molecule has 2 aromatic heterocycles. The van der Waals surface area contributed by atoms with Gasteiger partial charge in [0.05, 0.1) is 29.5 Å². The lowest BCUT2D eigenvalue weighted by Crippen LogP contribution is -2.01. The quantitative estimate of drug-likeness (QED) is 0.770. The van der Waals surface area contributed by atoms with E-state index < -0.39 is 6.10 Å². The number of aromatic hydroxyl groups is 1. The molecule has 3 aromatic rings. The Morgan fingerprint density at radius 1 is 1.17 bits per heavy atom. The molecule has 3 rings (SSSR count). The van der Waals surface area contributed by atoms with Gasteiger partial charge in [-0.1, -0.05) is 25.1 Å². The number of aliphatic hydroxyl groups excluding tert-OH is 1. The second-order valence-electron chi connectivity index (χ2n) is 5.36. The summed E-state index contributed by atoms with van der Waals surface area (Å²) in [6.07, 6.45) is 3.18. The zero-order chi connectivity index (χ0) is 17.1. The van der Waals surface area contributed by atoms with Gasteiger partial charge in [-0.15, -0.1) is 0 Å². The van der Waals surface area contributed by atoms with Crippen LogP contribution in [-0.2, 0) is 0 Å². The molecule has 1 unspecified atom stereocenters. The molecule has 1 atom stereocenters. The maximum Gasteiger partial charge on any atom is 0.223 e. The van der Waals surface area contributed by atoms with E-state index in [1.54, 1.807) is 48.8 Å². The molecular weight excluding hydrogens is 304 g/mol. The highest BCUT2D eigenvalue weighted by Gasteiger charge is 2.14. The Kier molecular flexibility index (Phi) is 4.27. The fourth-order valence-corrected chi connectivity index (χ4v) is 2.39. The van der Waals surface area contributed by atoms with Gasteiger partial charge < -0.3 is 10.2 Å². The van der Waals surface area contributed by atoms with Gasteiger partial charge in [0.1, 0.15) is 0 Å². The number of hydrogen-bond donors (Lipinski definition) is 2. The molecule has 1 aromatic carbocycles. The second-order valence-corrected chi connectivity index (χ2v) is 5.36. The number of rotatable bonds is 4. The highest BCUT2D eigenvalue weighted by atomic mass is 16.3. The number of hydrogen-bond acceptors (Lipinski definition) is 5. The summed E-state index contributed by atoms with van der Waals surface area (Å²) in [6.45, 7) is 1.89. The first kappa shape index (κ1) is 15.7. The van der Waals surface area contributed by atoms with Gasteiger partial charge >= 0.3 is 0 Å². The first-order chi connectivity index (χ1) is 11.6. The van der Waals surface area contributed by atoms with Crippen molar-refractivity contribution in [2.75, 3.05) is 0 Å². The van der Waals surface area contributed by atoms with Crippen molar-refractivity contribution in [2.24, 2.45) is 0 Å². The number of aromatic nitrogens is 3. The Morgan fingerprint density at radius 2 is 1.92 bits per heavy atom. The predicted octanol–water partition coefficient (Wildman–Crippen LogP) is 2.95. The van der Waals surface area contributed by atoms with Crippen molar-refractivity contribution in [1.82, 2.24) is 14.8 Å². The van der Waals surface area contributed by atoms with Crippen molar-refractivity contribution in [1.29, 1.82) is 5.26 Å². The summed E-state index contributed by atoms with van der Waals surface area (Å²) in [7, 11) is 0. The maximum atomic E-state index is 10.4. The fraction of sp³-hybridized carbons (Fsp3) is 0.167. The molecule has 0 saturated carbocycles. The molecule has 0 radical (unpaired) electrons. The Morgan fingerprint density at radius 3 is 2.50 bits per heavy atom. The molecule has 0 fully saturated rings. The minimum Gasteiger partial charge on any atom is -0.493 e. The largest absolute Gasteiger partial charge is 0.493 e. The van der Waals surface area contributed by atoms with E-state index in [-0.39, 0.29) is 5.88 Å². The van der Waals surface area contributed by atoms with Crippen LogP contribution in [0.15, 0.2) is 48.8 Å². The average Bonchev–Trinajstić information content (AvgIpc) is 3.02. The summed E-state index contributed by atoms with van der Waals surface area (Å²) in [5.41, 5.74) is 2.59. The molecule has 6 heteroatoms. The maximum absolute atomic E-state index is 10.4. The van der Waals surface area contributed by atoms with Crippen molar-refractivity contribution in [3.63, 3.8) is 0 Å². The van der Waals surface area contributed by atoms with Crippen LogP contribution >= 0.6 is 0 Å². The van der Waals surface area contributed by atoms with Crippen molar-refractivity contribution in [3.8, 4) is 28.9 Å². The molecule has 0 aliphatic carbocycles. The summed E-state index contributed by atoms with van der Waals surface area (Å²) in [5, 5.41) is 33.3. The molecule has 2 heterocycles. The lowest BCUT2D eigenvalue weighted by molar-refractivity contribution is 0.173. The predicted molar refractivity (Wildman–Crippen MR) is 88.4 cm³/mol. The fourth-order valence-electron chi connectivity index (χ4n) is 2.39. The van der Waals surface area contributed by atoms with Crippen LogP contribution < -0.4 is 0 Å². The summed E-state index contributed by atoms with van der Waals surface area (Å²) >= 11 is 0. The summed E-state index contributed by atoms with van der Waals surface area (Å²) in [5.74, 6) is 0.426. The van der Waals surface area contributed by atoms with Crippen molar-refractivity contribution in [2.45, 2.75) is 19.4 Å². The van der Waals surface area contributed by atoms with Crippen molar-refractivity contribution < 1.29 is 10.2 Å². The van der Waals surface area contributed by atoms with Crippen molar-refractivity contribution >= 4 is 0 Å². The molecule has 0 saturated heterocycles. The molecule has 0 bridgehead atoms. The number of benzene rings is 1. The lowest BCUT2D eigenvalue weighted by atomic mass is 10.1. The SMILES string of the molecule is CCC(O)c1ccc(-n2ncc(-c3ccc(C#N)cc3)c2O)nc1. The van der Waals surface area contributed by atoms with Gasteiger partial charge in [-0.3, -0.25) is 0 Å². The molecule has 2 N–H and O–H groups in total. The smallest absolute Gasteiger partial charge is 0.223 e. The normalized spacial score (nSPS) is 11.9. The van der Waals surface area contributed by atoms with E-state index in [4.69, 9.17) is 5.26 Å². The van der Waals surface area contributed by atoms with Crippen LogP contribution in [0.2, 0.25) is 0 Å².